The van der Waals surface area contributed by atoms with Crippen LogP contribution >= 0.6 is 0 Å². The van der Waals surface area contributed by atoms with Gasteiger partial charge in [-0.3, -0.25) is 19.0 Å². The molecule has 1 aliphatic heterocycles. The Morgan fingerprint density at radius 3 is 1.92 bits per heavy atom. The minimum Gasteiger partial charge on any atom is -0.335 e. The first-order valence-electron chi connectivity index (χ1n) is 8.38. The van der Waals surface area contributed by atoms with Crippen LogP contribution in [0.4, 0.5) is 0 Å². The summed E-state index contributed by atoms with van der Waals surface area (Å²) >= 11 is 0. The number of piperazine rings is 1. The highest BCUT2D eigenvalue weighted by atomic mass is 16.2. The van der Waals surface area contributed by atoms with Crippen molar-refractivity contribution in [3.05, 3.63) is 34.9 Å². The third-order valence-electron chi connectivity index (χ3n) is 4.66. The second-order valence-electron chi connectivity index (χ2n) is 6.70. The van der Waals surface area contributed by atoms with Crippen LogP contribution in [-0.2, 0) is 14.1 Å². The van der Waals surface area contributed by atoms with E-state index in [4.69, 9.17) is 0 Å². The number of carbonyl (C=O) groups excluding carboxylic acids is 2. The Bertz CT molecular complexity index is 821. The van der Waals surface area contributed by atoms with Gasteiger partial charge < -0.3 is 9.80 Å². The highest BCUT2D eigenvalue weighted by molar-refractivity contribution is 5.97. The van der Waals surface area contributed by atoms with Gasteiger partial charge in [0.1, 0.15) is 0 Å². The smallest absolute Gasteiger partial charge is 0.257 e. The number of nitrogens with zero attached hydrogens (tertiary/aromatic N) is 6. The highest BCUT2D eigenvalue weighted by Crippen LogP contribution is 2.18. The van der Waals surface area contributed by atoms with E-state index in [0.29, 0.717) is 30.8 Å². The normalized spacial score (nSPS) is 17.9. The Kier molecular flexibility index (Phi) is 4.36. The van der Waals surface area contributed by atoms with E-state index in [9.17, 15) is 9.59 Å². The molecule has 2 amide bonds. The van der Waals surface area contributed by atoms with Crippen LogP contribution in [-0.4, -0.2) is 66.9 Å². The van der Waals surface area contributed by atoms with E-state index in [1.165, 1.54) is 0 Å². The molecule has 1 atom stereocenters. The predicted octanol–water partition coefficient (Wildman–Crippen LogP) is 0.757. The lowest BCUT2D eigenvalue weighted by molar-refractivity contribution is 0.0413. The minimum atomic E-state index is -0.0539. The molecule has 0 bridgehead atoms. The van der Waals surface area contributed by atoms with Crippen molar-refractivity contribution in [1.82, 2.24) is 29.4 Å². The molecule has 1 saturated heterocycles. The van der Waals surface area contributed by atoms with Gasteiger partial charge in [0, 0.05) is 52.2 Å². The first kappa shape index (κ1) is 17.2. The van der Waals surface area contributed by atoms with Gasteiger partial charge >= 0.3 is 0 Å². The SMILES string of the molecule is Cc1nn(C)cc1C(=O)N1CCN(C(=O)c2cn(C)nc2C)[C@@H](C)C1. The maximum absolute atomic E-state index is 12.8. The molecular formula is C17H24N6O2. The van der Waals surface area contributed by atoms with Gasteiger partial charge in [0.05, 0.1) is 22.5 Å². The summed E-state index contributed by atoms with van der Waals surface area (Å²) in [6.07, 6.45) is 3.50. The zero-order valence-electron chi connectivity index (χ0n) is 15.4. The Morgan fingerprint density at radius 1 is 0.960 bits per heavy atom. The van der Waals surface area contributed by atoms with Crippen LogP contribution in [0.15, 0.2) is 12.4 Å². The average molecular weight is 344 g/mol. The predicted molar refractivity (Wildman–Crippen MR) is 92.3 cm³/mol. The fourth-order valence-electron chi connectivity index (χ4n) is 3.39. The molecule has 25 heavy (non-hydrogen) atoms. The van der Waals surface area contributed by atoms with E-state index in [0.717, 1.165) is 11.4 Å². The average Bonchev–Trinajstić information content (AvgIpc) is 3.06. The van der Waals surface area contributed by atoms with Gasteiger partial charge in [0.2, 0.25) is 0 Å². The van der Waals surface area contributed by atoms with E-state index >= 15 is 0 Å². The number of amides is 2. The summed E-state index contributed by atoms with van der Waals surface area (Å²) in [6, 6.07) is -0.0539. The molecule has 0 N–H and O–H groups in total. The third kappa shape index (κ3) is 3.16. The summed E-state index contributed by atoms with van der Waals surface area (Å²) in [7, 11) is 3.61. The van der Waals surface area contributed by atoms with Crippen molar-refractivity contribution in [2.24, 2.45) is 14.1 Å². The fourth-order valence-corrected chi connectivity index (χ4v) is 3.39. The van der Waals surface area contributed by atoms with Crippen molar-refractivity contribution in [2.75, 3.05) is 19.6 Å². The molecule has 0 saturated carbocycles. The minimum absolute atomic E-state index is 0.0252. The Hall–Kier alpha value is -2.64. The topological polar surface area (TPSA) is 76.3 Å². The third-order valence-corrected chi connectivity index (χ3v) is 4.66. The summed E-state index contributed by atoms with van der Waals surface area (Å²) in [4.78, 5) is 29.2. The molecule has 2 aromatic heterocycles. The molecule has 0 unspecified atom stereocenters. The molecular weight excluding hydrogens is 320 g/mol. The molecule has 3 rings (SSSR count). The molecule has 8 nitrogen and oxygen atoms in total. The van der Waals surface area contributed by atoms with Crippen LogP contribution in [0.2, 0.25) is 0 Å². The standard InChI is InChI=1S/C17H24N6O2/c1-11-8-22(16(24)14-9-20(4)18-12(14)2)6-7-23(11)17(25)15-10-21(5)19-13(15)3/h9-11H,6-8H2,1-5H3/t11-/m0/s1. The molecule has 134 valence electrons. The molecule has 1 aliphatic rings. The quantitative estimate of drug-likeness (QED) is 0.806. The maximum atomic E-state index is 12.8. The van der Waals surface area contributed by atoms with E-state index < -0.39 is 0 Å². The highest BCUT2D eigenvalue weighted by Gasteiger charge is 2.32. The number of carbonyl (C=O) groups is 2. The van der Waals surface area contributed by atoms with Crippen LogP contribution in [0, 0.1) is 13.8 Å². The Balaban J connectivity index is 1.72. The van der Waals surface area contributed by atoms with Crippen LogP contribution in [0.25, 0.3) is 0 Å². The molecule has 1 fully saturated rings. The number of hydrogen-bond donors (Lipinski definition) is 0. The van der Waals surface area contributed by atoms with E-state index in [2.05, 4.69) is 10.2 Å². The van der Waals surface area contributed by atoms with Gasteiger partial charge in [0.25, 0.3) is 11.8 Å². The van der Waals surface area contributed by atoms with Crippen molar-refractivity contribution in [3.8, 4) is 0 Å². The first-order chi connectivity index (χ1) is 11.8. The van der Waals surface area contributed by atoms with Crippen LogP contribution < -0.4 is 0 Å². The largest absolute Gasteiger partial charge is 0.335 e. The maximum Gasteiger partial charge on any atom is 0.257 e. The summed E-state index contributed by atoms with van der Waals surface area (Å²) in [5.41, 5.74) is 2.70. The van der Waals surface area contributed by atoms with Gasteiger partial charge in [-0.1, -0.05) is 0 Å². The summed E-state index contributed by atoms with van der Waals surface area (Å²) in [5, 5.41) is 8.48. The second-order valence-corrected chi connectivity index (χ2v) is 6.70. The lowest BCUT2D eigenvalue weighted by Crippen LogP contribution is -2.55. The summed E-state index contributed by atoms with van der Waals surface area (Å²) < 4.78 is 3.30. The second kappa shape index (κ2) is 6.34. The summed E-state index contributed by atoms with van der Waals surface area (Å²) in [5.74, 6) is -0.0511. The van der Waals surface area contributed by atoms with E-state index in [1.54, 1.807) is 40.8 Å². The lowest BCUT2D eigenvalue weighted by Gasteiger charge is -2.39. The number of aromatic nitrogens is 4. The van der Waals surface area contributed by atoms with Gasteiger partial charge in [-0.05, 0) is 20.8 Å². The van der Waals surface area contributed by atoms with Gasteiger partial charge in [0.15, 0.2) is 0 Å². The van der Waals surface area contributed by atoms with Crippen molar-refractivity contribution in [3.63, 3.8) is 0 Å². The zero-order chi connectivity index (χ0) is 18.3. The summed E-state index contributed by atoms with van der Waals surface area (Å²) in [6.45, 7) is 7.18. The zero-order valence-corrected chi connectivity index (χ0v) is 15.4. The lowest BCUT2D eigenvalue weighted by atomic mass is 10.1. The van der Waals surface area contributed by atoms with Crippen LogP contribution in [0.1, 0.15) is 39.0 Å². The monoisotopic (exact) mass is 344 g/mol. The van der Waals surface area contributed by atoms with Crippen molar-refractivity contribution < 1.29 is 9.59 Å². The molecule has 3 heterocycles. The van der Waals surface area contributed by atoms with Gasteiger partial charge in [-0.25, -0.2) is 0 Å². The van der Waals surface area contributed by atoms with E-state index in [1.807, 2.05) is 25.7 Å². The van der Waals surface area contributed by atoms with Crippen LogP contribution in [0.3, 0.4) is 0 Å². The number of rotatable bonds is 2. The van der Waals surface area contributed by atoms with Crippen molar-refractivity contribution in [1.29, 1.82) is 0 Å². The van der Waals surface area contributed by atoms with Crippen molar-refractivity contribution in [2.45, 2.75) is 26.8 Å². The number of hydrogen-bond acceptors (Lipinski definition) is 4. The van der Waals surface area contributed by atoms with Gasteiger partial charge in [-0.2, -0.15) is 10.2 Å². The molecule has 2 aromatic rings. The fraction of sp³-hybridized carbons (Fsp3) is 0.529. The number of aryl methyl sites for hydroxylation is 4. The Morgan fingerprint density at radius 2 is 1.48 bits per heavy atom. The molecule has 0 aromatic carbocycles. The van der Waals surface area contributed by atoms with E-state index in [-0.39, 0.29) is 17.9 Å². The van der Waals surface area contributed by atoms with Gasteiger partial charge in [-0.15, -0.1) is 0 Å². The Labute approximate surface area is 147 Å². The van der Waals surface area contributed by atoms with Crippen LogP contribution in [0.5, 0.6) is 0 Å². The van der Waals surface area contributed by atoms with Crippen molar-refractivity contribution >= 4 is 11.8 Å². The molecule has 0 radical (unpaired) electrons. The molecule has 0 spiro atoms. The first-order valence-corrected chi connectivity index (χ1v) is 8.38. The molecule has 8 heteroatoms. The molecule has 0 aliphatic carbocycles.